The molecule has 0 aliphatic carbocycles. The van der Waals surface area contributed by atoms with Crippen LogP contribution in [0.25, 0.3) is 0 Å². The maximum absolute atomic E-state index is 12.1. The van der Waals surface area contributed by atoms with Gasteiger partial charge >= 0.3 is 0 Å². The summed E-state index contributed by atoms with van der Waals surface area (Å²) < 4.78 is 10.5. The molecule has 0 aliphatic heterocycles. The van der Waals surface area contributed by atoms with Crippen LogP contribution in [0.3, 0.4) is 0 Å². The summed E-state index contributed by atoms with van der Waals surface area (Å²) in [7, 11) is 3.12. The van der Waals surface area contributed by atoms with Crippen LogP contribution in [0.4, 0.5) is 5.69 Å². The predicted octanol–water partition coefficient (Wildman–Crippen LogP) is 3.29. The topological polar surface area (TPSA) is 67.8 Å². The minimum atomic E-state index is -0.122. The van der Waals surface area contributed by atoms with Gasteiger partial charge in [0.1, 0.15) is 5.75 Å². The van der Waals surface area contributed by atoms with E-state index in [2.05, 4.69) is 5.32 Å². The van der Waals surface area contributed by atoms with Gasteiger partial charge in [-0.15, -0.1) is 0 Å². The lowest BCUT2D eigenvalue weighted by Gasteiger charge is -2.13. The first-order valence-corrected chi connectivity index (χ1v) is 7.34. The molecule has 2 aromatic rings. The van der Waals surface area contributed by atoms with Crippen LogP contribution in [0.1, 0.15) is 17.5 Å². The van der Waals surface area contributed by atoms with Crippen molar-refractivity contribution >= 4 is 11.6 Å². The van der Waals surface area contributed by atoms with E-state index in [1.165, 1.54) is 0 Å². The summed E-state index contributed by atoms with van der Waals surface area (Å²) in [6.07, 6.45) is 0.760. The number of carbonyl (C=O) groups excluding carboxylic acids is 1. The smallest absolute Gasteiger partial charge is 0.224 e. The van der Waals surface area contributed by atoms with Crippen molar-refractivity contribution in [3.8, 4) is 17.2 Å². The van der Waals surface area contributed by atoms with Gasteiger partial charge in [0, 0.05) is 18.2 Å². The second-order valence-electron chi connectivity index (χ2n) is 5.20. The predicted molar refractivity (Wildman–Crippen MR) is 89.3 cm³/mol. The number of para-hydroxylation sites is 1. The standard InChI is InChI=1S/C18H21NO4/c1-12-10-16(22-2)17(23-3)11-14(12)19-18(21)9-8-13-6-4-5-7-15(13)20/h4-7,10-11,20H,8-9H2,1-3H3,(H,19,21). The van der Waals surface area contributed by atoms with Crippen molar-refractivity contribution in [2.24, 2.45) is 0 Å². The number of rotatable bonds is 6. The highest BCUT2D eigenvalue weighted by Crippen LogP contribution is 2.33. The Morgan fingerprint density at radius 2 is 1.78 bits per heavy atom. The third-order valence-corrected chi connectivity index (χ3v) is 3.62. The van der Waals surface area contributed by atoms with Gasteiger partial charge in [-0.2, -0.15) is 0 Å². The maximum atomic E-state index is 12.1. The Balaban J connectivity index is 2.04. The molecule has 0 atom stereocenters. The SMILES string of the molecule is COc1cc(C)c(NC(=O)CCc2ccccc2O)cc1OC. The van der Waals surface area contributed by atoms with Crippen molar-refractivity contribution in [2.75, 3.05) is 19.5 Å². The van der Waals surface area contributed by atoms with Crippen molar-refractivity contribution in [2.45, 2.75) is 19.8 Å². The monoisotopic (exact) mass is 315 g/mol. The number of nitrogens with one attached hydrogen (secondary N) is 1. The molecule has 0 saturated heterocycles. The van der Waals surface area contributed by atoms with Crippen LogP contribution in [-0.4, -0.2) is 25.2 Å². The molecule has 23 heavy (non-hydrogen) atoms. The zero-order valence-corrected chi connectivity index (χ0v) is 13.6. The van der Waals surface area contributed by atoms with Gasteiger partial charge in [-0.1, -0.05) is 18.2 Å². The van der Waals surface area contributed by atoms with Crippen molar-refractivity contribution in [3.63, 3.8) is 0 Å². The number of hydrogen-bond donors (Lipinski definition) is 2. The van der Waals surface area contributed by atoms with E-state index in [1.807, 2.05) is 25.1 Å². The molecule has 2 N–H and O–H groups in total. The summed E-state index contributed by atoms with van der Waals surface area (Å²) >= 11 is 0. The van der Waals surface area contributed by atoms with Gasteiger partial charge < -0.3 is 19.9 Å². The van der Waals surface area contributed by atoms with E-state index in [-0.39, 0.29) is 18.1 Å². The van der Waals surface area contributed by atoms with Crippen LogP contribution in [-0.2, 0) is 11.2 Å². The number of methoxy groups -OCH3 is 2. The van der Waals surface area contributed by atoms with Gasteiger partial charge in [0.15, 0.2) is 11.5 Å². The fourth-order valence-electron chi connectivity index (χ4n) is 2.30. The summed E-state index contributed by atoms with van der Waals surface area (Å²) in [6.45, 7) is 1.89. The lowest BCUT2D eigenvalue weighted by molar-refractivity contribution is -0.116. The number of aryl methyl sites for hydroxylation is 2. The first-order valence-electron chi connectivity index (χ1n) is 7.34. The molecule has 0 aromatic heterocycles. The Labute approximate surface area is 135 Å². The van der Waals surface area contributed by atoms with Gasteiger partial charge in [0.05, 0.1) is 14.2 Å². The van der Waals surface area contributed by atoms with Crippen LogP contribution >= 0.6 is 0 Å². The second kappa shape index (κ2) is 7.54. The zero-order valence-electron chi connectivity index (χ0n) is 13.6. The Kier molecular flexibility index (Phi) is 5.46. The second-order valence-corrected chi connectivity index (χ2v) is 5.20. The number of anilines is 1. The first-order chi connectivity index (χ1) is 11.0. The van der Waals surface area contributed by atoms with E-state index in [1.54, 1.807) is 32.4 Å². The molecule has 2 aromatic carbocycles. The van der Waals surface area contributed by atoms with Crippen LogP contribution in [0.5, 0.6) is 17.2 Å². The van der Waals surface area contributed by atoms with Crippen molar-refractivity contribution in [1.82, 2.24) is 0 Å². The van der Waals surface area contributed by atoms with Crippen molar-refractivity contribution in [1.29, 1.82) is 0 Å². The van der Waals surface area contributed by atoms with E-state index in [9.17, 15) is 9.90 Å². The summed E-state index contributed by atoms with van der Waals surface area (Å²) in [6, 6.07) is 10.6. The fourth-order valence-corrected chi connectivity index (χ4v) is 2.30. The number of benzene rings is 2. The van der Waals surface area contributed by atoms with Crippen molar-refractivity contribution in [3.05, 3.63) is 47.5 Å². The molecule has 122 valence electrons. The van der Waals surface area contributed by atoms with Gasteiger partial charge in [-0.25, -0.2) is 0 Å². The van der Waals surface area contributed by atoms with E-state index >= 15 is 0 Å². The first kappa shape index (κ1) is 16.7. The van der Waals surface area contributed by atoms with Crippen LogP contribution in [0, 0.1) is 6.92 Å². The summed E-state index contributed by atoms with van der Waals surface area (Å²) in [5, 5.41) is 12.6. The third kappa shape index (κ3) is 4.16. The van der Waals surface area contributed by atoms with Crippen LogP contribution in [0.15, 0.2) is 36.4 Å². The minimum absolute atomic E-state index is 0.122. The van der Waals surface area contributed by atoms with Gasteiger partial charge in [-0.05, 0) is 36.6 Å². The number of phenols is 1. The zero-order chi connectivity index (χ0) is 16.8. The number of amides is 1. The highest BCUT2D eigenvalue weighted by molar-refractivity contribution is 5.92. The lowest BCUT2D eigenvalue weighted by Crippen LogP contribution is -2.13. The Morgan fingerprint density at radius 3 is 2.43 bits per heavy atom. The molecule has 2 rings (SSSR count). The highest BCUT2D eigenvalue weighted by Gasteiger charge is 2.11. The lowest BCUT2D eigenvalue weighted by atomic mass is 10.1. The molecular formula is C18H21NO4. The molecule has 0 fully saturated rings. The molecule has 0 unspecified atom stereocenters. The molecule has 0 spiro atoms. The average Bonchev–Trinajstić information content (AvgIpc) is 2.55. The molecule has 0 heterocycles. The van der Waals surface area contributed by atoms with Crippen molar-refractivity contribution < 1.29 is 19.4 Å². The van der Waals surface area contributed by atoms with E-state index in [0.29, 0.717) is 23.6 Å². The number of ether oxygens (including phenoxy) is 2. The highest BCUT2D eigenvalue weighted by atomic mass is 16.5. The molecule has 5 nitrogen and oxygen atoms in total. The average molecular weight is 315 g/mol. The third-order valence-electron chi connectivity index (χ3n) is 3.62. The Hall–Kier alpha value is -2.69. The summed E-state index contributed by atoms with van der Waals surface area (Å²) in [5.74, 6) is 1.28. The summed E-state index contributed by atoms with van der Waals surface area (Å²) in [5.41, 5.74) is 2.33. The molecule has 0 radical (unpaired) electrons. The molecule has 5 heteroatoms. The number of phenolic OH excluding ortho intramolecular Hbond substituents is 1. The minimum Gasteiger partial charge on any atom is -0.508 e. The number of hydrogen-bond acceptors (Lipinski definition) is 4. The number of aromatic hydroxyl groups is 1. The van der Waals surface area contributed by atoms with Crippen LogP contribution in [0.2, 0.25) is 0 Å². The molecule has 1 amide bonds. The molecule has 0 bridgehead atoms. The normalized spacial score (nSPS) is 10.2. The van der Waals surface area contributed by atoms with E-state index in [4.69, 9.17) is 9.47 Å². The van der Waals surface area contributed by atoms with E-state index in [0.717, 1.165) is 11.1 Å². The Morgan fingerprint density at radius 1 is 1.13 bits per heavy atom. The van der Waals surface area contributed by atoms with E-state index < -0.39 is 0 Å². The quantitative estimate of drug-likeness (QED) is 0.858. The van der Waals surface area contributed by atoms with Gasteiger partial charge in [-0.3, -0.25) is 4.79 Å². The largest absolute Gasteiger partial charge is 0.508 e. The summed E-state index contributed by atoms with van der Waals surface area (Å²) in [4.78, 5) is 12.1. The van der Waals surface area contributed by atoms with Gasteiger partial charge in [0.25, 0.3) is 0 Å². The maximum Gasteiger partial charge on any atom is 0.224 e. The number of carbonyl (C=O) groups is 1. The molecule has 0 aliphatic rings. The fraction of sp³-hybridized carbons (Fsp3) is 0.278. The van der Waals surface area contributed by atoms with Gasteiger partial charge in [0.2, 0.25) is 5.91 Å². The Bertz CT molecular complexity index is 697. The molecular weight excluding hydrogens is 294 g/mol. The molecule has 0 saturated carbocycles. The van der Waals surface area contributed by atoms with Crippen LogP contribution < -0.4 is 14.8 Å².